The zero-order valence-corrected chi connectivity index (χ0v) is 17.4. The Labute approximate surface area is 168 Å². The number of carbonyl (C=O) groups is 1. The van der Waals surface area contributed by atoms with Crippen molar-refractivity contribution in [1.82, 2.24) is 9.80 Å². The van der Waals surface area contributed by atoms with E-state index in [1.165, 1.54) is 25.8 Å². The van der Waals surface area contributed by atoms with Gasteiger partial charge in [-0.2, -0.15) is 0 Å². The van der Waals surface area contributed by atoms with Crippen LogP contribution in [-0.2, 0) is 4.79 Å². The molecule has 5 nitrogen and oxygen atoms in total. The quantitative estimate of drug-likeness (QED) is 0.711. The number of Topliss-reactive ketones (excluding diaryl/α,β-unsaturated/α-hetero) is 1. The lowest BCUT2D eigenvalue weighted by molar-refractivity contribution is -0.118. The summed E-state index contributed by atoms with van der Waals surface area (Å²) in [5.41, 5.74) is 1.10. The minimum Gasteiger partial charge on any atom is -0.495 e. The summed E-state index contributed by atoms with van der Waals surface area (Å²) in [4.78, 5) is 18.5. The first-order valence-corrected chi connectivity index (χ1v) is 10.5. The predicted molar refractivity (Wildman–Crippen MR) is 111 cm³/mol. The van der Waals surface area contributed by atoms with Crippen LogP contribution in [0, 0.1) is 5.92 Å². The summed E-state index contributed by atoms with van der Waals surface area (Å²) < 4.78 is 5.50. The number of piperidine rings is 1. The topological polar surface area (TPSA) is 36.0 Å². The summed E-state index contributed by atoms with van der Waals surface area (Å²) in [6.07, 6.45) is 3.73. The van der Waals surface area contributed by atoms with Crippen molar-refractivity contribution >= 4 is 23.1 Å². The molecule has 2 saturated heterocycles. The van der Waals surface area contributed by atoms with Gasteiger partial charge in [-0.05, 0) is 69.9 Å². The molecule has 27 heavy (non-hydrogen) atoms. The summed E-state index contributed by atoms with van der Waals surface area (Å²) in [7, 11) is 1.71. The van der Waals surface area contributed by atoms with Crippen molar-refractivity contribution in [1.29, 1.82) is 0 Å². The van der Waals surface area contributed by atoms with E-state index < -0.39 is 0 Å². The molecular weight excluding hydrogens is 362 g/mol. The summed E-state index contributed by atoms with van der Waals surface area (Å²) in [5.74, 6) is 1.98. The molecule has 0 unspecified atom stereocenters. The van der Waals surface area contributed by atoms with E-state index >= 15 is 0 Å². The number of ketones is 1. The van der Waals surface area contributed by atoms with Crippen LogP contribution in [0.1, 0.15) is 26.2 Å². The van der Waals surface area contributed by atoms with Crippen molar-refractivity contribution in [3.8, 4) is 5.75 Å². The first-order valence-electron chi connectivity index (χ1n) is 10.1. The molecule has 1 aromatic carbocycles. The maximum absolute atomic E-state index is 11.2. The van der Waals surface area contributed by atoms with E-state index in [1.54, 1.807) is 14.0 Å². The molecule has 0 spiro atoms. The van der Waals surface area contributed by atoms with Crippen LogP contribution < -0.4 is 9.64 Å². The van der Waals surface area contributed by atoms with Crippen LogP contribution in [0.5, 0.6) is 5.75 Å². The highest BCUT2D eigenvalue weighted by Crippen LogP contribution is 2.32. The molecule has 0 aliphatic carbocycles. The number of anilines is 1. The average molecular weight is 394 g/mol. The number of likely N-dealkylation sites (tertiary alicyclic amines) is 1. The van der Waals surface area contributed by atoms with Crippen molar-refractivity contribution in [3.63, 3.8) is 0 Å². The molecule has 2 aliphatic heterocycles. The Kier molecular flexibility index (Phi) is 7.39. The van der Waals surface area contributed by atoms with Gasteiger partial charge in [-0.3, -0.25) is 14.6 Å². The molecule has 3 rings (SSSR count). The van der Waals surface area contributed by atoms with Crippen LogP contribution in [0.4, 0.5) is 5.69 Å². The normalized spacial score (nSPS) is 20.0. The lowest BCUT2D eigenvalue weighted by Crippen LogP contribution is -2.47. The second-order valence-electron chi connectivity index (χ2n) is 7.86. The van der Waals surface area contributed by atoms with Gasteiger partial charge in [0.1, 0.15) is 11.5 Å². The molecule has 0 amide bonds. The number of rotatable bonds is 7. The maximum Gasteiger partial charge on any atom is 0.143 e. The smallest absolute Gasteiger partial charge is 0.143 e. The summed E-state index contributed by atoms with van der Waals surface area (Å²) in [5, 5.41) is 0.754. The van der Waals surface area contributed by atoms with Gasteiger partial charge in [0, 0.05) is 31.2 Å². The van der Waals surface area contributed by atoms with E-state index in [0.29, 0.717) is 6.54 Å². The monoisotopic (exact) mass is 393 g/mol. The van der Waals surface area contributed by atoms with Gasteiger partial charge in [0.25, 0.3) is 0 Å². The van der Waals surface area contributed by atoms with Crippen LogP contribution in [0.2, 0.25) is 5.02 Å². The molecule has 0 radical (unpaired) electrons. The molecule has 1 aromatic rings. The lowest BCUT2D eigenvalue weighted by Gasteiger charge is -2.38. The second kappa shape index (κ2) is 9.76. The van der Waals surface area contributed by atoms with Gasteiger partial charge < -0.3 is 9.64 Å². The highest BCUT2D eigenvalue weighted by molar-refractivity contribution is 6.30. The summed E-state index contributed by atoms with van der Waals surface area (Å²) in [6, 6.07) is 5.83. The van der Waals surface area contributed by atoms with Crippen LogP contribution in [0.3, 0.4) is 0 Å². The zero-order valence-electron chi connectivity index (χ0n) is 16.6. The predicted octanol–water partition coefficient (Wildman–Crippen LogP) is 3.16. The van der Waals surface area contributed by atoms with Crippen LogP contribution in [-0.4, -0.2) is 75.1 Å². The van der Waals surface area contributed by atoms with Gasteiger partial charge in [0.15, 0.2) is 0 Å². The Hall–Kier alpha value is -1.30. The van der Waals surface area contributed by atoms with Crippen molar-refractivity contribution in [2.75, 3.05) is 64.4 Å². The number of hydrogen-bond acceptors (Lipinski definition) is 5. The Morgan fingerprint density at radius 2 is 1.81 bits per heavy atom. The Balaban J connectivity index is 1.40. The van der Waals surface area contributed by atoms with Gasteiger partial charge in [0.05, 0.1) is 19.3 Å². The van der Waals surface area contributed by atoms with Gasteiger partial charge in [-0.15, -0.1) is 0 Å². The second-order valence-corrected chi connectivity index (χ2v) is 8.29. The number of benzene rings is 1. The summed E-state index contributed by atoms with van der Waals surface area (Å²) >= 11 is 6.18. The molecule has 0 aromatic heterocycles. The van der Waals surface area contributed by atoms with Gasteiger partial charge in [-0.1, -0.05) is 11.6 Å². The van der Waals surface area contributed by atoms with Crippen LogP contribution in [0.25, 0.3) is 0 Å². The SMILES string of the molecule is COc1ccc(Cl)cc1N1CCN(CCC2CCN(CC(C)=O)CC2)CC1. The fourth-order valence-corrected chi connectivity index (χ4v) is 4.40. The van der Waals surface area contributed by atoms with Crippen LogP contribution >= 0.6 is 11.6 Å². The highest BCUT2D eigenvalue weighted by Gasteiger charge is 2.23. The van der Waals surface area contributed by atoms with Gasteiger partial charge in [0.2, 0.25) is 0 Å². The molecule has 2 heterocycles. The van der Waals surface area contributed by atoms with Crippen molar-refractivity contribution < 1.29 is 9.53 Å². The van der Waals surface area contributed by atoms with Crippen molar-refractivity contribution in [3.05, 3.63) is 23.2 Å². The standard InChI is InChI=1S/C21H32ClN3O2/c1-17(26)16-24-9-6-18(7-10-24)5-8-23-11-13-25(14-12-23)20-15-19(22)3-4-21(20)27-2/h3-4,15,18H,5-14,16H2,1-2H3. The minimum absolute atomic E-state index is 0.280. The van der Waals surface area contributed by atoms with Crippen LogP contribution in [0.15, 0.2) is 18.2 Å². The largest absolute Gasteiger partial charge is 0.495 e. The number of halogens is 1. The molecule has 6 heteroatoms. The van der Waals surface area contributed by atoms with Crippen molar-refractivity contribution in [2.45, 2.75) is 26.2 Å². The number of methoxy groups -OCH3 is 1. The van der Waals surface area contributed by atoms with Gasteiger partial charge in [-0.25, -0.2) is 0 Å². The molecule has 0 atom stereocenters. The molecular formula is C21H32ClN3O2. The van der Waals surface area contributed by atoms with E-state index in [1.807, 2.05) is 18.2 Å². The first-order chi connectivity index (χ1) is 13.0. The van der Waals surface area contributed by atoms with E-state index in [2.05, 4.69) is 14.7 Å². The molecule has 2 aliphatic rings. The third-order valence-corrected chi connectivity index (χ3v) is 6.10. The van der Waals surface area contributed by atoms with E-state index in [4.69, 9.17) is 16.3 Å². The number of nitrogens with zero attached hydrogens (tertiary/aromatic N) is 3. The molecule has 0 bridgehead atoms. The number of ether oxygens (including phenoxy) is 1. The fraction of sp³-hybridized carbons (Fsp3) is 0.667. The summed E-state index contributed by atoms with van der Waals surface area (Å²) in [6.45, 7) is 9.82. The lowest BCUT2D eigenvalue weighted by atomic mass is 9.93. The van der Waals surface area contributed by atoms with E-state index in [-0.39, 0.29) is 5.78 Å². The third-order valence-electron chi connectivity index (χ3n) is 5.86. The highest BCUT2D eigenvalue weighted by atomic mass is 35.5. The third kappa shape index (κ3) is 5.84. The Morgan fingerprint density at radius 3 is 2.44 bits per heavy atom. The van der Waals surface area contributed by atoms with E-state index in [9.17, 15) is 4.79 Å². The van der Waals surface area contributed by atoms with Crippen molar-refractivity contribution in [2.24, 2.45) is 5.92 Å². The number of hydrogen-bond donors (Lipinski definition) is 0. The maximum atomic E-state index is 11.2. The molecule has 0 saturated carbocycles. The Bertz CT molecular complexity index is 624. The molecule has 0 N–H and O–H groups in total. The fourth-order valence-electron chi connectivity index (χ4n) is 4.24. The zero-order chi connectivity index (χ0) is 19.2. The van der Waals surface area contributed by atoms with Gasteiger partial charge >= 0.3 is 0 Å². The average Bonchev–Trinajstić information content (AvgIpc) is 2.67. The molecule has 2 fully saturated rings. The van der Waals surface area contributed by atoms with E-state index in [0.717, 1.165) is 61.6 Å². The molecule has 150 valence electrons. The number of carbonyl (C=O) groups excluding carboxylic acids is 1. The Morgan fingerprint density at radius 1 is 1.11 bits per heavy atom. The first kappa shape index (κ1) is 20.4. The number of piperazine rings is 1. The minimum atomic E-state index is 0.280.